The Hall–Kier alpha value is -1.14. The van der Waals surface area contributed by atoms with E-state index < -0.39 is 5.97 Å². The van der Waals surface area contributed by atoms with E-state index in [1.807, 2.05) is 0 Å². The molecule has 0 aromatic carbocycles. The molecule has 0 N–H and O–H groups in total. The maximum atomic E-state index is 12.3. The standard InChI is InChI=1S/C19H28O6/c20-17(21)3-1-2-4-18(22)25-19(11-5-7-13-15(9-11)23-13)12-6-8-14-16(10-12)24-14/h11-16,19H,1-10H2,(H,20,21)/p-1. The van der Waals surface area contributed by atoms with Crippen LogP contribution in [0.1, 0.15) is 64.2 Å². The fourth-order valence-corrected chi connectivity index (χ4v) is 4.79. The lowest BCUT2D eigenvalue weighted by atomic mass is 9.75. The van der Waals surface area contributed by atoms with Crippen LogP contribution in [0.15, 0.2) is 0 Å². The number of carboxylic acid groups (broad SMARTS) is 1. The molecule has 2 heterocycles. The zero-order valence-electron chi connectivity index (χ0n) is 14.6. The molecular formula is C19H27O6-. The van der Waals surface area contributed by atoms with Gasteiger partial charge < -0.3 is 24.1 Å². The van der Waals surface area contributed by atoms with Crippen molar-refractivity contribution in [1.29, 1.82) is 0 Å². The monoisotopic (exact) mass is 351 g/mol. The van der Waals surface area contributed by atoms with Gasteiger partial charge in [-0.2, -0.15) is 0 Å². The van der Waals surface area contributed by atoms with Gasteiger partial charge in [-0.3, -0.25) is 4.79 Å². The summed E-state index contributed by atoms with van der Waals surface area (Å²) < 4.78 is 17.3. The van der Waals surface area contributed by atoms with Gasteiger partial charge in [-0.25, -0.2) is 0 Å². The largest absolute Gasteiger partial charge is 0.550 e. The van der Waals surface area contributed by atoms with E-state index in [0.717, 1.165) is 38.5 Å². The van der Waals surface area contributed by atoms with Crippen LogP contribution in [0, 0.1) is 11.8 Å². The number of ether oxygens (including phenoxy) is 3. The van der Waals surface area contributed by atoms with Crippen LogP contribution < -0.4 is 5.11 Å². The number of epoxide rings is 2. The first-order valence-corrected chi connectivity index (χ1v) is 9.80. The van der Waals surface area contributed by atoms with Crippen molar-refractivity contribution in [2.24, 2.45) is 11.8 Å². The smallest absolute Gasteiger partial charge is 0.306 e. The predicted molar refractivity (Wildman–Crippen MR) is 85.4 cm³/mol. The summed E-state index contributed by atoms with van der Waals surface area (Å²) >= 11 is 0. The molecule has 4 fully saturated rings. The molecule has 6 heteroatoms. The summed E-state index contributed by atoms with van der Waals surface area (Å²) in [6.07, 6.45) is 9.16. The molecule has 6 unspecified atom stereocenters. The molecule has 2 aliphatic carbocycles. The second kappa shape index (κ2) is 7.23. The molecule has 25 heavy (non-hydrogen) atoms. The third kappa shape index (κ3) is 4.34. The molecule has 0 spiro atoms. The summed E-state index contributed by atoms with van der Waals surface area (Å²) in [7, 11) is 0. The summed E-state index contributed by atoms with van der Waals surface area (Å²) in [5, 5.41) is 10.5. The topological polar surface area (TPSA) is 91.5 Å². The predicted octanol–water partition coefficient (Wildman–Crippen LogP) is 1.34. The van der Waals surface area contributed by atoms with Gasteiger partial charge in [-0.05, 0) is 69.6 Å². The fourth-order valence-electron chi connectivity index (χ4n) is 4.79. The van der Waals surface area contributed by atoms with Gasteiger partial charge in [0, 0.05) is 12.4 Å². The van der Waals surface area contributed by atoms with E-state index in [9.17, 15) is 14.7 Å². The normalized spacial score (nSPS) is 39.7. The van der Waals surface area contributed by atoms with Crippen molar-refractivity contribution >= 4 is 11.9 Å². The third-order valence-corrected chi connectivity index (χ3v) is 6.30. The van der Waals surface area contributed by atoms with Crippen LogP contribution in [0.4, 0.5) is 0 Å². The quantitative estimate of drug-likeness (QED) is 0.372. The first-order chi connectivity index (χ1) is 12.1. The molecule has 0 aromatic heterocycles. The molecule has 0 amide bonds. The van der Waals surface area contributed by atoms with E-state index in [-0.39, 0.29) is 24.9 Å². The summed E-state index contributed by atoms with van der Waals surface area (Å²) in [4.78, 5) is 22.8. The zero-order valence-corrected chi connectivity index (χ0v) is 14.6. The minimum atomic E-state index is -1.06. The van der Waals surface area contributed by atoms with Gasteiger partial charge in [0.1, 0.15) is 6.10 Å². The number of hydrogen-bond donors (Lipinski definition) is 0. The highest BCUT2D eigenvalue weighted by atomic mass is 16.6. The Morgan fingerprint density at radius 2 is 1.44 bits per heavy atom. The van der Waals surface area contributed by atoms with Gasteiger partial charge in [-0.1, -0.05) is 0 Å². The average Bonchev–Trinajstić information content (AvgIpc) is 3.49. The molecule has 6 nitrogen and oxygen atoms in total. The maximum Gasteiger partial charge on any atom is 0.306 e. The van der Waals surface area contributed by atoms with E-state index in [1.165, 1.54) is 0 Å². The van der Waals surface area contributed by atoms with E-state index >= 15 is 0 Å². The number of esters is 1. The third-order valence-electron chi connectivity index (χ3n) is 6.30. The van der Waals surface area contributed by atoms with E-state index in [4.69, 9.17) is 14.2 Å². The molecule has 2 aliphatic heterocycles. The van der Waals surface area contributed by atoms with E-state index in [1.54, 1.807) is 0 Å². The minimum Gasteiger partial charge on any atom is -0.550 e. The minimum absolute atomic E-state index is 0.00275. The molecule has 0 bridgehead atoms. The van der Waals surface area contributed by atoms with Gasteiger partial charge in [0.25, 0.3) is 0 Å². The number of aliphatic carboxylic acids is 1. The average molecular weight is 351 g/mol. The second-order valence-corrected chi connectivity index (χ2v) is 8.11. The van der Waals surface area contributed by atoms with Crippen LogP contribution in [-0.2, 0) is 23.8 Å². The second-order valence-electron chi connectivity index (χ2n) is 8.11. The number of carbonyl (C=O) groups is 2. The molecule has 2 saturated carbocycles. The molecule has 0 aromatic rings. The Morgan fingerprint density at radius 3 is 1.96 bits per heavy atom. The Morgan fingerprint density at radius 1 is 0.880 bits per heavy atom. The summed E-state index contributed by atoms with van der Waals surface area (Å²) in [6, 6.07) is 0. The van der Waals surface area contributed by atoms with Crippen LogP contribution in [0.5, 0.6) is 0 Å². The number of carboxylic acids is 1. The first-order valence-electron chi connectivity index (χ1n) is 9.80. The highest BCUT2D eigenvalue weighted by molar-refractivity contribution is 5.69. The molecule has 140 valence electrons. The van der Waals surface area contributed by atoms with Crippen molar-refractivity contribution < 1.29 is 28.9 Å². The number of fused-ring (bicyclic) bond motifs is 2. The van der Waals surface area contributed by atoms with Crippen molar-refractivity contribution in [3.8, 4) is 0 Å². The number of carbonyl (C=O) groups excluding carboxylic acids is 2. The Balaban J connectivity index is 1.31. The Kier molecular flexibility index (Phi) is 5.00. The van der Waals surface area contributed by atoms with Crippen molar-refractivity contribution in [2.45, 2.75) is 94.7 Å². The maximum absolute atomic E-state index is 12.3. The number of hydrogen-bond acceptors (Lipinski definition) is 6. The van der Waals surface area contributed by atoms with Crippen LogP contribution in [0.25, 0.3) is 0 Å². The summed E-state index contributed by atoms with van der Waals surface area (Å²) in [5.41, 5.74) is 0. The molecule has 2 saturated heterocycles. The van der Waals surface area contributed by atoms with Gasteiger partial charge in [0.05, 0.1) is 24.4 Å². The van der Waals surface area contributed by atoms with Crippen molar-refractivity contribution in [1.82, 2.24) is 0 Å². The van der Waals surface area contributed by atoms with Gasteiger partial charge in [0.15, 0.2) is 0 Å². The van der Waals surface area contributed by atoms with Crippen LogP contribution in [0.3, 0.4) is 0 Å². The summed E-state index contributed by atoms with van der Waals surface area (Å²) in [5.74, 6) is -0.484. The fraction of sp³-hybridized carbons (Fsp3) is 0.895. The molecular weight excluding hydrogens is 324 g/mol. The lowest BCUT2D eigenvalue weighted by molar-refractivity contribution is -0.305. The Labute approximate surface area is 148 Å². The first kappa shape index (κ1) is 17.3. The molecule has 4 rings (SSSR count). The van der Waals surface area contributed by atoms with Crippen LogP contribution in [-0.4, -0.2) is 42.5 Å². The van der Waals surface area contributed by atoms with Gasteiger partial charge in [0.2, 0.25) is 0 Å². The molecule has 6 atom stereocenters. The van der Waals surface area contributed by atoms with Gasteiger partial charge >= 0.3 is 5.97 Å². The number of unbranched alkanes of at least 4 members (excludes halogenated alkanes) is 1. The van der Waals surface area contributed by atoms with Gasteiger partial charge in [-0.15, -0.1) is 0 Å². The Bertz CT molecular complexity index is 492. The zero-order chi connectivity index (χ0) is 17.4. The molecule has 0 radical (unpaired) electrons. The lowest BCUT2D eigenvalue weighted by Gasteiger charge is -2.35. The highest BCUT2D eigenvalue weighted by Gasteiger charge is 2.51. The lowest BCUT2D eigenvalue weighted by Crippen LogP contribution is -2.38. The van der Waals surface area contributed by atoms with E-state index in [2.05, 4.69) is 0 Å². The van der Waals surface area contributed by atoms with Crippen molar-refractivity contribution in [3.05, 3.63) is 0 Å². The van der Waals surface area contributed by atoms with E-state index in [0.29, 0.717) is 49.1 Å². The molecule has 4 aliphatic rings. The number of rotatable bonds is 8. The van der Waals surface area contributed by atoms with Crippen LogP contribution in [0.2, 0.25) is 0 Å². The van der Waals surface area contributed by atoms with Crippen molar-refractivity contribution in [3.63, 3.8) is 0 Å². The van der Waals surface area contributed by atoms with Crippen molar-refractivity contribution in [2.75, 3.05) is 0 Å². The SMILES string of the molecule is O=C([O-])CCCCC(=O)OC(C1CCC2OC2C1)C1CCC2OC2C1. The van der Waals surface area contributed by atoms with Crippen LogP contribution >= 0.6 is 0 Å². The highest BCUT2D eigenvalue weighted by Crippen LogP contribution is 2.47. The summed E-state index contributed by atoms with van der Waals surface area (Å²) in [6.45, 7) is 0.